The maximum absolute atomic E-state index is 10.6. The summed E-state index contributed by atoms with van der Waals surface area (Å²) in [5.41, 5.74) is 6.48. The van der Waals surface area contributed by atoms with Crippen molar-refractivity contribution in [2.75, 3.05) is 5.73 Å². The summed E-state index contributed by atoms with van der Waals surface area (Å²) < 4.78 is 1.48. The number of aryl methyl sites for hydroxylation is 1. The first-order valence-corrected chi connectivity index (χ1v) is 4.24. The highest BCUT2D eigenvalue weighted by molar-refractivity contribution is 5.83. The van der Waals surface area contributed by atoms with Gasteiger partial charge in [0.25, 0.3) is 0 Å². The molecule has 2 rings (SSSR count). The van der Waals surface area contributed by atoms with Gasteiger partial charge >= 0.3 is 5.97 Å². The number of aliphatic carboxylic acids is 1. The van der Waals surface area contributed by atoms with E-state index in [-0.39, 0.29) is 12.4 Å². The number of carboxylic acids is 1. The molecule has 0 spiro atoms. The van der Waals surface area contributed by atoms with Crippen LogP contribution in [-0.2, 0) is 11.3 Å². The molecule has 0 saturated heterocycles. The largest absolute Gasteiger partial charge is 0.480 e. The van der Waals surface area contributed by atoms with Crippen LogP contribution in [0.5, 0.6) is 0 Å². The van der Waals surface area contributed by atoms with Crippen LogP contribution in [0.2, 0.25) is 0 Å². The van der Waals surface area contributed by atoms with Crippen LogP contribution in [0.1, 0.15) is 5.82 Å². The smallest absolute Gasteiger partial charge is 0.323 e. The minimum atomic E-state index is -0.949. The summed E-state index contributed by atoms with van der Waals surface area (Å²) >= 11 is 0. The molecule has 0 fully saturated rings. The fourth-order valence-electron chi connectivity index (χ4n) is 1.39. The van der Waals surface area contributed by atoms with E-state index in [4.69, 9.17) is 10.8 Å². The van der Waals surface area contributed by atoms with Gasteiger partial charge in [-0.2, -0.15) is 0 Å². The van der Waals surface area contributed by atoms with E-state index in [1.807, 2.05) is 0 Å². The first kappa shape index (κ1) is 9.38. The summed E-state index contributed by atoms with van der Waals surface area (Å²) in [4.78, 5) is 22.5. The van der Waals surface area contributed by atoms with Crippen LogP contribution >= 0.6 is 0 Å². The summed E-state index contributed by atoms with van der Waals surface area (Å²) in [6.07, 6.45) is 1.29. The molecule has 0 aliphatic rings. The van der Waals surface area contributed by atoms with Crippen molar-refractivity contribution in [1.82, 2.24) is 19.5 Å². The third-order valence-corrected chi connectivity index (χ3v) is 2.04. The van der Waals surface area contributed by atoms with Crippen molar-refractivity contribution >= 4 is 23.0 Å². The molecule has 2 aromatic heterocycles. The highest BCUT2D eigenvalue weighted by atomic mass is 16.4. The number of carbonyl (C=O) groups is 1. The van der Waals surface area contributed by atoms with Gasteiger partial charge in [-0.25, -0.2) is 15.0 Å². The number of aromatic nitrogens is 4. The Morgan fingerprint density at radius 1 is 1.60 bits per heavy atom. The maximum atomic E-state index is 10.6. The van der Waals surface area contributed by atoms with Gasteiger partial charge in [0.15, 0.2) is 17.0 Å². The molecule has 0 amide bonds. The van der Waals surface area contributed by atoms with Crippen LogP contribution in [0.3, 0.4) is 0 Å². The molecule has 0 aliphatic heterocycles. The van der Waals surface area contributed by atoms with E-state index < -0.39 is 5.97 Å². The molecule has 2 aromatic rings. The Bertz CT molecular complexity index is 533. The normalized spacial score (nSPS) is 10.7. The van der Waals surface area contributed by atoms with Crippen molar-refractivity contribution < 1.29 is 9.90 Å². The molecule has 15 heavy (non-hydrogen) atoms. The Morgan fingerprint density at radius 2 is 2.33 bits per heavy atom. The second-order valence-corrected chi connectivity index (χ2v) is 3.07. The Balaban J connectivity index is 2.68. The molecule has 7 nitrogen and oxygen atoms in total. The first-order chi connectivity index (χ1) is 7.09. The van der Waals surface area contributed by atoms with Crippen LogP contribution in [0.4, 0.5) is 5.82 Å². The zero-order valence-electron chi connectivity index (χ0n) is 8.01. The summed E-state index contributed by atoms with van der Waals surface area (Å²) in [5.74, 6) is -0.138. The Kier molecular flexibility index (Phi) is 2.00. The number of fused-ring (bicyclic) bond motifs is 1. The monoisotopic (exact) mass is 207 g/mol. The molecule has 0 saturated carbocycles. The van der Waals surface area contributed by atoms with Gasteiger partial charge in [-0.3, -0.25) is 4.79 Å². The van der Waals surface area contributed by atoms with E-state index in [0.717, 1.165) is 0 Å². The third kappa shape index (κ3) is 1.47. The highest BCUT2D eigenvalue weighted by Gasteiger charge is 2.13. The van der Waals surface area contributed by atoms with Crippen molar-refractivity contribution in [2.24, 2.45) is 0 Å². The predicted molar refractivity (Wildman–Crippen MR) is 52.1 cm³/mol. The molecule has 2 heterocycles. The molecule has 3 N–H and O–H groups in total. The molecular weight excluding hydrogens is 198 g/mol. The fraction of sp³-hybridized carbons (Fsp3) is 0.250. The minimum Gasteiger partial charge on any atom is -0.480 e. The summed E-state index contributed by atoms with van der Waals surface area (Å²) in [5, 5.41) is 8.72. The van der Waals surface area contributed by atoms with Gasteiger partial charge in [0, 0.05) is 0 Å². The Morgan fingerprint density at radius 3 is 3.00 bits per heavy atom. The number of nitrogens with two attached hydrogens (primary N) is 1. The first-order valence-electron chi connectivity index (χ1n) is 4.24. The average Bonchev–Trinajstić information content (AvgIpc) is 2.45. The topological polar surface area (TPSA) is 107 Å². The van der Waals surface area contributed by atoms with Gasteiger partial charge in [-0.1, -0.05) is 0 Å². The molecule has 0 radical (unpaired) electrons. The molecule has 0 aliphatic carbocycles. The average molecular weight is 207 g/mol. The van der Waals surface area contributed by atoms with Crippen LogP contribution in [0, 0.1) is 6.92 Å². The number of carboxylic acid groups (broad SMARTS) is 1. The number of nitrogen functional groups attached to an aromatic ring is 1. The second-order valence-electron chi connectivity index (χ2n) is 3.07. The SMILES string of the molecule is Cc1nc2c(N)ncnc2n1CC(=O)O. The number of hydrogen-bond acceptors (Lipinski definition) is 5. The summed E-state index contributed by atoms with van der Waals surface area (Å²) in [6.45, 7) is 1.52. The quantitative estimate of drug-likeness (QED) is 0.706. The fourth-order valence-corrected chi connectivity index (χ4v) is 1.39. The lowest BCUT2D eigenvalue weighted by atomic mass is 10.5. The van der Waals surface area contributed by atoms with E-state index in [1.165, 1.54) is 10.9 Å². The van der Waals surface area contributed by atoms with Gasteiger partial charge in [-0.05, 0) is 6.92 Å². The molecule has 0 unspecified atom stereocenters. The van der Waals surface area contributed by atoms with E-state index in [9.17, 15) is 4.79 Å². The number of hydrogen-bond donors (Lipinski definition) is 2. The van der Waals surface area contributed by atoms with Gasteiger partial charge in [0.05, 0.1) is 0 Å². The molecular formula is C8H9N5O2. The van der Waals surface area contributed by atoms with E-state index >= 15 is 0 Å². The van der Waals surface area contributed by atoms with Gasteiger partial charge in [-0.15, -0.1) is 0 Å². The molecule has 0 atom stereocenters. The van der Waals surface area contributed by atoms with Crippen molar-refractivity contribution in [1.29, 1.82) is 0 Å². The molecule has 0 bridgehead atoms. The zero-order valence-corrected chi connectivity index (χ0v) is 8.01. The van der Waals surface area contributed by atoms with Crippen LogP contribution < -0.4 is 5.73 Å². The Hall–Kier alpha value is -2.18. The third-order valence-electron chi connectivity index (χ3n) is 2.04. The number of nitrogens with zero attached hydrogens (tertiary/aromatic N) is 4. The van der Waals surface area contributed by atoms with E-state index in [2.05, 4.69) is 15.0 Å². The van der Waals surface area contributed by atoms with Gasteiger partial charge in [0.2, 0.25) is 0 Å². The van der Waals surface area contributed by atoms with Crippen LogP contribution in [-0.4, -0.2) is 30.6 Å². The molecule has 78 valence electrons. The lowest BCUT2D eigenvalue weighted by Gasteiger charge is -2.00. The second kappa shape index (κ2) is 3.19. The van der Waals surface area contributed by atoms with Crippen LogP contribution in [0.15, 0.2) is 6.33 Å². The van der Waals surface area contributed by atoms with Crippen molar-refractivity contribution in [3.63, 3.8) is 0 Å². The van der Waals surface area contributed by atoms with Gasteiger partial charge < -0.3 is 15.4 Å². The number of imidazole rings is 1. The highest BCUT2D eigenvalue weighted by Crippen LogP contribution is 2.16. The zero-order chi connectivity index (χ0) is 11.0. The number of anilines is 1. The maximum Gasteiger partial charge on any atom is 0.323 e. The molecule has 0 aromatic carbocycles. The standard InChI is InChI=1S/C8H9N5O2/c1-4-12-6-7(9)10-3-11-8(6)13(4)2-5(14)15/h3H,2H2,1H3,(H,14,15)(H2,9,10,11). The summed E-state index contributed by atoms with van der Waals surface area (Å²) in [7, 11) is 0. The van der Waals surface area contributed by atoms with Crippen molar-refractivity contribution in [3.05, 3.63) is 12.2 Å². The minimum absolute atomic E-state index is 0.182. The van der Waals surface area contributed by atoms with E-state index in [1.54, 1.807) is 6.92 Å². The van der Waals surface area contributed by atoms with Crippen molar-refractivity contribution in [3.8, 4) is 0 Å². The van der Waals surface area contributed by atoms with Crippen LogP contribution in [0.25, 0.3) is 11.2 Å². The lowest BCUT2D eigenvalue weighted by Crippen LogP contribution is -2.10. The molecule has 7 heteroatoms. The van der Waals surface area contributed by atoms with Crippen molar-refractivity contribution in [2.45, 2.75) is 13.5 Å². The van der Waals surface area contributed by atoms with E-state index in [0.29, 0.717) is 17.0 Å². The van der Waals surface area contributed by atoms with Gasteiger partial charge in [0.1, 0.15) is 18.7 Å². The Labute approximate surface area is 84.6 Å². The summed E-state index contributed by atoms with van der Waals surface area (Å²) in [6, 6.07) is 0. The number of rotatable bonds is 2. The lowest BCUT2D eigenvalue weighted by molar-refractivity contribution is -0.137. The predicted octanol–water partition coefficient (Wildman–Crippen LogP) is -0.198.